The van der Waals surface area contributed by atoms with Crippen LogP contribution in [-0.2, 0) is 14.3 Å². The number of Topliss-reactive ketones (excluding diaryl/α,β-unsaturated/α-hetero) is 1. The second kappa shape index (κ2) is 4.04. The molecule has 0 N–H and O–H groups in total. The van der Waals surface area contributed by atoms with Gasteiger partial charge in [0, 0.05) is 12.8 Å². The zero-order valence-electron chi connectivity index (χ0n) is 11.0. The van der Waals surface area contributed by atoms with Crippen LogP contribution in [0.4, 0.5) is 0 Å². The molecule has 0 bridgehead atoms. The largest absolute Gasteiger partial charge is 0.365 e. The minimum atomic E-state index is -0.608. The maximum Gasteiger partial charge on any atom is 0.178 e. The number of ether oxygens (including phenoxy) is 2. The Labute approximate surface area is 108 Å². The van der Waals surface area contributed by atoms with Crippen LogP contribution in [0.2, 0.25) is 0 Å². The first-order chi connectivity index (χ1) is 8.53. The Morgan fingerprint density at radius 1 is 1.44 bits per heavy atom. The van der Waals surface area contributed by atoms with E-state index in [0.717, 1.165) is 12.0 Å². The second-order valence-electron chi connectivity index (χ2n) is 6.03. The lowest BCUT2D eigenvalue weighted by Gasteiger charge is -2.19. The first-order valence-corrected chi connectivity index (χ1v) is 6.71. The van der Waals surface area contributed by atoms with Crippen molar-refractivity contribution in [2.24, 2.45) is 11.8 Å². The zero-order chi connectivity index (χ0) is 12.9. The molecule has 3 heteroatoms. The molecule has 0 aromatic carbocycles. The predicted molar refractivity (Wildman–Crippen MR) is 68.2 cm³/mol. The van der Waals surface area contributed by atoms with E-state index in [-0.39, 0.29) is 23.9 Å². The van der Waals surface area contributed by atoms with E-state index in [1.807, 2.05) is 0 Å². The molecule has 98 valence electrons. The molecule has 4 unspecified atom stereocenters. The third kappa shape index (κ3) is 1.95. The van der Waals surface area contributed by atoms with E-state index in [9.17, 15) is 4.79 Å². The summed E-state index contributed by atoms with van der Waals surface area (Å²) in [4.78, 5) is 12.4. The van der Waals surface area contributed by atoms with Crippen LogP contribution in [0.15, 0.2) is 24.3 Å². The molecule has 3 nitrogen and oxygen atoms in total. The van der Waals surface area contributed by atoms with Crippen molar-refractivity contribution in [3.63, 3.8) is 0 Å². The minimum Gasteiger partial charge on any atom is -0.365 e. The lowest BCUT2D eigenvalue weighted by molar-refractivity contribution is -0.125. The normalized spacial score (nSPS) is 44.9. The summed E-state index contributed by atoms with van der Waals surface area (Å²) in [5.41, 5.74) is 0.474. The molecule has 2 aliphatic heterocycles. The molecule has 2 heterocycles. The molecule has 0 aromatic rings. The summed E-state index contributed by atoms with van der Waals surface area (Å²) >= 11 is 0. The molecule has 2 fully saturated rings. The summed E-state index contributed by atoms with van der Waals surface area (Å²) in [6.45, 7) is 8.88. The van der Waals surface area contributed by atoms with Crippen molar-refractivity contribution in [1.29, 1.82) is 0 Å². The van der Waals surface area contributed by atoms with Gasteiger partial charge in [0.05, 0.1) is 12.7 Å². The topological polar surface area (TPSA) is 42.1 Å². The highest BCUT2D eigenvalue weighted by atomic mass is 16.7. The number of hydrogen-bond donors (Lipinski definition) is 0. The van der Waals surface area contributed by atoms with Crippen molar-refractivity contribution in [1.82, 2.24) is 0 Å². The number of fused-ring (bicyclic) bond motifs is 2. The van der Waals surface area contributed by atoms with Crippen LogP contribution in [0.25, 0.3) is 0 Å². The summed E-state index contributed by atoms with van der Waals surface area (Å²) in [6, 6.07) is 0. The van der Waals surface area contributed by atoms with Gasteiger partial charge in [0.1, 0.15) is 6.10 Å². The third-order valence-electron chi connectivity index (χ3n) is 4.29. The van der Waals surface area contributed by atoms with Gasteiger partial charge in [-0.15, -0.1) is 0 Å². The molecule has 18 heavy (non-hydrogen) atoms. The number of carbonyl (C=O) groups excluding carboxylic acids is 1. The average molecular weight is 248 g/mol. The van der Waals surface area contributed by atoms with Crippen molar-refractivity contribution in [3.8, 4) is 0 Å². The molecule has 0 saturated carbocycles. The molecule has 3 rings (SSSR count). The molecule has 1 spiro atoms. The van der Waals surface area contributed by atoms with Gasteiger partial charge in [0.2, 0.25) is 0 Å². The van der Waals surface area contributed by atoms with Crippen LogP contribution < -0.4 is 0 Å². The Morgan fingerprint density at radius 3 is 2.78 bits per heavy atom. The number of epoxide rings is 2. The lowest BCUT2D eigenvalue weighted by atomic mass is 9.83. The van der Waals surface area contributed by atoms with Crippen LogP contribution >= 0.6 is 0 Å². The van der Waals surface area contributed by atoms with Gasteiger partial charge in [-0.3, -0.25) is 4.79 Å². The summed E-state index contributed by atoms with van der Waals surface area (Å²) in [5.74, 6) is 0.931. The average Bonchev–Trinajstić information content (AvgIpc) is 3.15. The van der Waals surface area contributed by atoms with E-state index in [0.29, 0.717) is 18.9 Å². The van der Waals surface area contributed by atoms with E-state index in [1.54, 1.807) is 0 Å². The molecule has 0 amide bonds. The molecule has 0 radical (unpaired) electrons. The van der Waals surface area contributed by atoms with Crippen molar-refractivity contribution in [2.75, 3.05) is 6.61 Å². The molecule has 2 saturated heterocycles. The highest BCUT2D eigenvalue weighted by Gasteiger charge is 2.67. The molecule has 4 atom stereocenters. The fourth-order valence-electron chi connectivity index (χ4n) is 2.77. The second-order valence-corrected chi connectivity index (χ2v) is 6.03. The number of ketones is 1. The summed E-state index contributed by atoms with van der Waals surface area (Å²) in [5, 5.41) is 0. The Hall–Kier alpha value is -0.930. The van der Waals surface area contributed by atoms with Gasteiger partial charge in [0.15, 0.2) is 11.4 Å². The van der Waals surface area contributed by atoms with Gasteiger partial charge >= 0.3 is 0 Å². The van der Waals surface area contributed by atoms with Crippen LogP contribution in [0.3, 0.4) is 0 Å². The highest BCUT2D eigenvalue weighted by Crippen LogP contribution is 2.48. The summed E-state index contributed by atoms with van der Waals surface area (Å²) in [7, 11) is 0. The molecular formula is C15H20O3. The number of allylic oxidation sites excluding steroid dienone is 2. The Morgan fingerprint density at radius 2 is 2.17 bits per heavy atom. The van der Waals surface area contributed by atoms with Crippen molar-refractivity contribution in [3.05, 3.63) is 24.3 Å². The van der Waals surface area contributed by atoms with Crippen molar-refractivity contribution < 1.29 is 14.3 Å². The zero-order valence-corrected chi connectivity index (χ0v) is 11.0. The van der Waals surface area contributed by atoms with E-state index in [4.69, 9.17) is 9.47 Å². The summed E-state index contributed by atoms with van der Waals surface area (Å²) in [6.07, 6.45) is 5.65. The number of hydrogen-bond acceptors (Lipinski definition) is 3. The molecule has 1 aliphatic carbocycles. The highest BCUT2D eigenvalue weighted by molar-refractivity contribution is 5.91. The van der Waals surface area contributed by atoms with E-state index in [1.165, 1.54) is 0 Å². The van der Waals surface area contributed by atoms with Crippen LogP contribution in [0.1, 0.15) is 26.7 Å². The Bertz CT molecular complexity index is 417. The monoisotopic (exact) mass is 248 g/mol. The van der Waals surface area contributed by atoms with Gasteiger partial charge in [-0.25, -0.2) is 0 Å². The first-order valence-electron chi connectivity index (χ1n) is 6.71. The van der Waals surface area contributed by atoms with Crippen molar-refractivity contribution >= 4 is 5.78 Å². The predicted octanol–water partition coefficient (Wildman–Crippen LogP) is 2.27. The van der Waals surface area contributed by atoms with E-state index in [2.05, 4.69) is 32.6 Å². The maximum absolute atomic E-state index is 12.4. The number of carbonyl (C=O) groups is 1. The number of rotatable bonds is 1. The Kier molecular flexibility index (Phi) is 2.72. The first kappa shape index (κ1) is 12.1. The van der Waals surface area contributed by atoms with E-state index >= 15 is 0 Å². The van der Waals surface area contributed by atoms with Crippen molar-refractivity contribution in [2.45, 2.75) is 44.5 Å². The van der Waals surface area contributed by atoms with E-state index < -0.39 is 5.60 Å². The van der Waals surface area contributed by atoms with Gasteiger partial charge in [-0.2, -0.15) is 0 Å². The molecule has 3 aliphatic rings. The van der Waals surface area contributed by atoms with Gasteiger partial charge < -0.3 is 9.47 Å². The fourth-order valence-corrected chi connectivity index (χ4v) is 2.77. The standard InChI is InChI=1S/C15H20O3/c1-9(2)11-5-4-10(3)6-12-14(18-12)15(8-17-15)13(16)7-11/h4-5,9,11-12,14H,3,6-8H2,1-2H3/b5-4+. The smallest absolute Gasteiger partial charge is 0.178 e. The van der Waals surface area contributed by atoms with Gasteiger partial charge in [-0.05, 0) is 11.8 Å². The lowest BCUT2D eigenvalue weighted by Crippen LogP contribution is -2.34. The molecular weight excluding hydrogens is 228 g/mol. The van der Waals surface area contributed by atoms with Crippen LogP contribution in [-0.4, -0.2) is 30.2 Å². The SMILES string of the molecule is C=C1/C=C/C(C(C)C)CC(=O)C2(CO2)C2OC2C1. The van der Waals surface area contributed by atoms with Gasteiger partial charge in [-0.1, -0.05) is 38.2 Å². The quantitative estimate of drug-likeness (QED) is 0.668. The third-order valence-corrected chi connectivity index (χ3v) is 4.29. The van der Waals surface area contributed by atoms with Gasteiger partial charge in [0.25, 0.3) is 0 Å². The summed E-state index contributed by atoms with van der Waals surface area (Å²) < 4.78 is 11.1. The minimum absolute atomic E-state index is 0.0268. The van der Waals surface area contributed by atoms with Crippen LogP contribution in [0.5, 0.6) is 0 Å². The maximum atomic E-state index is 12.4. The molecule has 0 aromatic heterocycles. The Balaban J connectivity index is 1.85. The fraction of sp³-hybridized carbons (Fsp3) is 0.667. The van der Waals surface area contributed by atoms with Crippen LogP contribution in [0, 0.1) is 11.8 Å².